The number of aromatic nitrogens is 3. The molecule has 0 aliphatic carbocycles. The Balaban J connectivity index is 1.63. The first-order valence-corrected chi connectivity index (χ1v) is 10.3. The molecule has 148 valence electrons. The second-order valence-electron chi connectivity index (χ2n) is 6.74. The average Bonchev–Trinajstić information content (AvgIpc) is 3.20. The van der Waals surface area contributed by atoms with Crippen molar-refractivity contribution in [3.63, 3.8) is 0 Å². The monoisotopic (exact) mass is 403 g/mol. The van der Waals surface area contributed by atoms with Gasteiger partial charge in [-0.05, 0) is 32.0 Å². The number of nitrogens with one attached hydrogen (secondary N) is 1. The van der Waals surface area contributed by atoms with E-state index in [-0.39, 0.29) is 10.7 Å². The summed E-state index contributed by atoms with van der Waals surface area (Å²) < 4.78 is 40.8. The Bertz CT molecular complexity index is 1100. The maximum Gasteiger partial charge on any atom is 0.267 e. The first kappa shape index (κ1) is 18.4. The van der Waals surface area contributed by atoms with E-state index in [9.17, 15) is 8.42 Å². The van der Waals surface area contributed by atoms with Gasteiger partial charge in [0.05, 0.1) is 36.5 Å². The van der Waals surface area contributed by atoms with Crippen molar-refractivity contribution >= 4 is 21.4 Å². The number of benzene rings is 1. The predicted octanol–water partition coefficient (Wildman–Crippen LogP) is 2.22. The fourth-order valence-corrected chi connectivity index (χ4v) is 4.69. The Hall–Kier alpha value is -3.01. The van der Waals surface area contributed by atoms with Crippen molar-refractivity contribution in [2.24, 2.45) is 7.05 Å². The highest BCUT2D eigenvalue weighted by Gasteiger charge is 2.26. The largest absolute Gasteiger partial charge is 0.490 e. The Morgan fingerprint density at radius 3 is 2.79 bits per heavy atom. The SMILES string of the molecule is Cc1noc(C)c1S(=O)(=O)Nc1ccc2c(c1)N(Cc1cn(C)cn1)CCO2. The van der Waals surface area contributed by atoms with E-state index in [1.54, 1.807) is 38.4 Å². The maximum atomic E-state index is 12.8. The van der Waals surface area contributed by atoms with Gasteiger partial charge in [-0.2, -0.15) is 0 Å². The summed E-state index contributed by atoms with van der Waals surface area (Å²) in [6, 6.07) is 5.22. The number of anilines is 2. The molecule has 0 saturated heterocycles. The molecule has 2 aromatic heterocycles. The number of aryl methyl sites for hydroxylation is 3. The van der Waals surface area contributed by atoms with Crippen molar-refractivity contribution < 1.29 is 17.7 Å². The van der Waals surface area contributed by atoms with Crippen molar-refractivity contribution in [3.05, 3.63) is 47.9 Å². The van der Waals surface area contributed by atoms with E-state index in [0.29, 0.717) is 36.8 Å². The van der Waals surface area contributed by atoms with Gasteiger partial charge in [0.25, 0.3) is 10.0 Å². The van der Waals surface area contributed by atoms with Gasteiger partial charge in [-0.15, -0.1) is 0 Å². The molecule has 0 atom stereocenters. The van der Waals surface area contributed by atoms with E-state index in [4.69, 9.17) is 9.26 Å². The molecule has 0 unspecified atom stereocenters. The first-order valence-electron chi connectivity index (χ1n) is 8.78. The van der Waals surface area contributed by atoms with Gasteiger partial charge >= 0.3 is 0 Å². The van der Waals surface area contributed by atoms with Crippen LogP contribution < -0.4 is 14.4 Å². The van der Waals surface area contributed by atoms with Gasteiger partial charge in [0.1, 0.15) is 18.1 Å². The second-order valence-corrected chi connectivity index (χ2v) is 8.36. The molecule has 0 fully saturated rings. The lowest BCUT2D eigenvalue weighted by Gasteiger charge is -2.31. The molecule has 0 saturated carbocycles. The fourth-order valence-electron chi connectivity index (χ4n) is 3.31. The molecular weight excluding hydrogens is 382 g/mol. The van der Waals surface area contributed by atoms with E-state index in [2.05, 4.69) is 19.8 Å². The lowest BCUT2D eigenvalue weighted by Crippen LogP contribution is -2.32. The van der Waals surface area contributed by atoms with Crippen molar-refractivity contribution in [2.75, 3.05) is 22.8 Å². The highest BCUT2D eigenvalue weighted by molar-refractivity contribution is 7.92. The molecule has 28 heavy (non-hydrogen) atoms. The molecule has 0 bridgehead atoms. The van der Waals surface area contributed by atoms with Gasteiger partial charge in [0, 0.05) is 13.2 Å². The minimum Gasteiger partial charge on any atom is -0.490 e. The summed E-state index contributed by atoms with van der Waals surface area (Å²) >= 11 is 0. The van der Waals surface area contributed by atoms with Crippen LogP contribution in [0.25, 0.3) is 0 Å². The number of rotatable bonds is 5. The summed E-state index contributed by atoms with van der Waals surface area (Å²) in [5, 5.41) is 3.72. The van der Waals surface area contributed by atoms with Crippen LogP contribution in [0.5, 0.6) is 5.75 Å². The molecule has 4 rings (SSSR count). The number of fused-ring (bicyclic) bond motifs is 1. The van der Waals surface area contributed by atoms with Crippen LogP contribution in [0.15, 0.2) is 40.1 Å². The third kappa shape index (κ3) is 3.42. The molecular formula is C18H21N5O4S. The van der Waals surface area contributed by atoms with Crippen LogP contribution >= 0.6 is 0 Å². The predicted molar refractivity (Wildman–Crippen MR) is 103 cm³/mol. The highest BCUT2D eigenvalue weighted by atomic mass is 32.2. The summed E-state index contributed by atoms with van der Waals surface area (Å²) in [5.74, 6) is 0.963. The van der Waals surface area contributed by atoms with E-state index >= 15 is 0 Å². The summed E-state index contributed by atoms with van der Waals surface area (Å²) in [7, 11) is -1.89. The molecule has 1 N–H and O–H groups in total. The summed E-state index contributed by atoms with van der Waals surface area (Å²) in [6.07, 6.45) is 3.71. The Labute approximate surface area is 163 Å². The first-order chi connectivity index (χ1) is 13.3. The Morgan fingerprint density at radius 2 is 2.11 bits per heavy atom. The van der Waals surface area contributed by atoms with E-state index < -0.39 is 10.0 Å². The van der Waals surface area contributed by atoms with Crippen LogP contribution in [0.3, 0.4) is 0 Å². The van der Waals surface area contributed by atoms with E-state index in [0.717, 1.165) is 11.4 Å². The molecule has 0 radical (unpaired) electrons. The van der Waals surface area contributed by atoms with Crippen molar-refractivity contribution in [1.29, 1.82) is 0 Å². The normalized spacial score (nSPS) is 13.9. The molecule has 3 heterocycles. The number of hydrogen-bond donors (Lipinski definition) is 1. The van der Waals surface area contributed by atoms with Crippen LogP contribution in [-0.4, -0.2) is 36.3 Å². The number of nitrogens with zero attached hydrogens (tertiary/aromatic N) is 4. The number of sulfonamides is 1. The topological polar surface area (TPSA) is 102 Å². The number of ether oxygens (including phenoxy) is 1. The van der Waals surface area contributed by atoms with Crippen LogP contribution in [-0.2, 0) is 23.6 Å². The smallest absolute Gasteiger partial charge is 0.267 e. The lowest BCUT2D eigenvalue weighted by molar-refractivity contribution is 0.307. The highest BCUT2D eigenvalue weighted by Crippen LogP contribution is 2.35. The summed E-state index contributed by atoms with van der Waals surface area (Å²) in [5.41, 5.74) is 2.51. The van der Waals surface area contributed by atoms with Gasteiger partial charge in [0.15, 0.2) is 10.7 Å². The van der Waals surface area contributed by atoms with E-state index in [1.807, 2.05) is 17.8 Å². The van der Waals surface area contributed by atoms with Gasteiger partial charge < -0.3 is 18.7 Å². The molecule has 10 heteroatoms. The standard InChI is InChI=1S/C18H21N5O4S/c1-12-18(13(2)27-20-12)28(24,25)21-14-4-5-17-16(8-14)23(6-7-26-17)10-15-9-22(3)11-19-15/h4-5,8-9,11,21H,6-7,10H2,1-3H3. The van der Waals surface area contributed by atoms with Crippen molar-refractivity contribution in [1.82, 2.24) is 14.7 Å². The molecule has 1 aliphatic heterocycles. The van der Waals surface area contributed by atoms with Crippen LogP contribution in [0.2, 0.25) is 0 Å². The van der Waals surface area contributed by atoms with Gasteiger partial charge in [-0.25, -0.2) is 13.4 Å². The molecule has 9 nitrogen and oxygen atoms in total. The van der Waals surface area contributed by atoms with Crippen LogP contribution in [0.4, 0.5) is 11.4 Å². The quantitative estimate of drug-likeness (QED) is 0.697. The molecule has 1 aromatic carbocycles. The summed E-state index contributed by atoms with van der Waals surface area (Å²) in [4.78, 5) is 6.55. The van der Waals surface area contributed by atoms with Gasteiger partial charge in [0.2, 0.25) is 0 Å². The zero-order chi connectivity index (χ0) is 19.9. The zero-order valence-corrected chi connectivity index (χ0v) is 16.7. The lowest BCUT2D eigenvalue weighted by atomic mass is 10.2. The third-order valence-electron chi connectivity index (χ3n) is 4.52. The molecule has 1 aliphatic rings. The number of hydrogen-bond acceptors (Lipinski definition) is 7. The maximum absolute atomic E-state index is 12.8. The Kier molecular flexibility index (Phi) is 4.50. The van der Waals surface area contributed by atoms with Crippen molar-refractivity contribution in [3.8, 4) is 5.75 Å². The van der Waals surface area contributed by atoms with Crippen LogP contribution in [0.1, 0.15) is 17.1 Å². The molecule has 0 amide bonds. The average molecular weight is 403 g/mol. The molecule has 0 spiro atoms. The second kappa shape index (κ2) is 6.86. The van der Waals surface area contributed by atoms with Crippen molar-refractivity contribution in [2.45, 2.75) is 25.3 Å². The Morgan fingerprint density at radius 1 is 1.29 bits per heavy atom. The fraction of sp³-hybridized carbons (Fsp3) is 0.333. The minimum atomic E-state index is -3.81. The van der Waals surface area contributed by atoms with Gasteiger partial charge in [-0.1, -0.05) is 5.16 Å². The zero-order valence-electron chi connectivity index (χ0n) is 15.8. The van der Waals surface area contributed by atoms with Gasteiger partial charge in [-0.3, -0.25) is 4.72 Å². The van der Waals surface area contributed by atoms with E-state index in [1.165, 1.54) is 0 Å². The minimum absolute atomic E-state index is 0.0619. The van der Waals surface area contributed by atoms with Crippen LogP contribution in [0, 0.1) is 13.8 Å². The molecule has 3 aromatic rings. The third-order valence-corrected chi connectivity index (χ3v) is 6.14. The number of imidazole rings is 1. The summed E-state index contributed by atoms with van der Waals surface area (Å²) in [6.45, 7) is 5.02.